The van der Waals surface area contributed by atoms with Gasteiger partial charge in [0, 0.05) is 11.1 Å². The molecule has 0 aliphatic heterocycles. The van der Waals surface area contributed by atoms with E-state index in [0.717, 1.165) is 6.42 Å². The van der Waals surface area contributed by atoms with E-state index in [1.807, 2.05) is 0 Å². The molecule has 0 saturated heterocycles. The Labute approximate surface area is 181 Å². The van der Waals surface area contributed by atoms with Crippen molar-refractivity contribution >= 4 is 17.9 Å². The average Bonchev–Trinajstić information content (AvgIpc) is 2.78. The van der Waals surface area contributed by atoms with Crippen molar-refractivity contribution in [3.63, 3.8) is 0 Å². The van der Waals surface area contributed by atoms with Gasteiger partial charge in [-0.2, -0.15) is 0 Å². The van der Waals surface area contributed by atoms with Crippen LogP contribution < -0.4 is 18.9 Å². The maximum Gasteiger partial charge on any atom is 0.200 e. The van der Waals surface area contributed by atoms with E-state index in [4.69, 9.17) is 18.9 Å². The van der Waals surface area contributed by atoms with Gasteiger partial charge in [0.2, 0.25) is 11.5 Å². The van der Waals surface area contributed by atoms with Crippen LogP contribution in [0.25, 0.3) is 12.2 Å². The van der Waals surface area contributed by atoms with Crippen molar-refractivity contribution in [1.29, 1.82) is 0 Å². The summed E-state index contributed by atoms with van der Waals surface area (Å²) in [6.07, 6.45) is 5.69. The highest BCUT2D eigenvalue weighted by Gasteiger charge is 2.22. The third kappa shape index (κ3) is 4.60. The number of ketones is 1. The number of phenols is 2. The first kappa shape index (κ1) is 22.1. The SMILES string of the molecule is COc1cc(C=C2CCCC(=Cc3cc(OC)c(O)c(OC)c3)C2=O)cc(OC)c1O. The molecule has 3 rings (SSSR count). The van der Waals surface area contributed by atoms with E-state index in [1.54, 1.807) is 36.4 Å². The van der Waals surface area contributed by atoms with E-state index in [2.05, 4.69) is 0 Å². The lowest BCUT2D eigenvalue weighted by atomic mass is 9.86. The zero-order chi connectivity index (χ0) is 22.5. The van der Waals surface area contributed by atoms with Crippen molar-refractivity contribution in [1.82, 2.24) is 0 Å². The number of methoxy groups -OCH3 is 4. The number of carbonyl (C=O) groups is 1. The molecule has 31 heavy (non-hydrogen) atoms. The number of ether oxygens (including phenoxy) is 4. The van der Waals surface area contributed by atoms with E-state index >= 15 is 0 Å². The number of carbonyl (C=O) groups excluding carboxylic acids is 1. The topological polar surface area (TPSA) is 94.5 Å². The van der Waals surface area contributed by atoms with Gasteiger partial charge in [-0.05, 0) is 66.8 Å². The summed E-state index contributed by atoms with van der Waals surface area (Å²) >= 11 is 0. The van der Waals surface area contributed by atoms with Gasteiger partial charge < -0.3 is 29.2 Å². The van der Waals surface area contributed by atoms with Crippen LogP contribution in [0.2, 0.25) is 0 Å². The summed E-state index contributed by atoms with van der Waals surface area (Å²) in [5.74, 6) is 0.864. The second-order valence-corrected chi connectivity index (χ2v) is 7.07. The van der Waals surface area contributed by atoms with Crippen LogP contribution in [0.3, 0.4) is 0 Å². The Morgan fingerprint density at radius 2 is 1.00 bits per heavy atom. The van der Waals surface area contributed by atoms with Crippen molar-refractivity contribution in [2.24, 2.45) is 0 Å². The molecule has 1 aliphatic carbocycles. The van der Waals surface area contributed by atoms with E-state index in [9.17, 15) is 15.0 Å². The molecule has 2 aromatic rings. The molecular weight excluding hydrogens is 400 g/mol. The largest absolute Gasteiger partial charge is 0.502 e. The quantitative estimate of drug-likeness (QED) is 0.663. The lowest BCUT2D eigenvalue weighted by molar-refractivity contribution is -0.112. The standard InChI is InChI=1S/C24H26O7/c1-28-18-10-14(11-19(29-2)23(18)26)8-16-6-5-7-17(22(16)25)9-15-12-20(30-3)24(27)21(13-15)31-4/h8-13,26-27H,5-7H2,1-4H3. The molecule has 0 aromatic heterocycles. The molecule has 0 bridgehead atoms. The third-order valence-corrected chi connectivity index (χ3v) is 5.16. The maximum atomic E-state index is 13.1. The van der Waals surface area contributed by atoms with Crippen LogP contribution in [-0.4, -0.2) is 44.4 Å². The predicted molar refractivity (Wildman–Crippen MR) is 117 cm³/mol. The number of aromatic hydroxyl groups is 2. The minimum absolute atomic E-state index is 0.0525. The van der Waals surface area contributed by atoms with Gasteiger partial charge in [-0.25, -0.2) is 0 Å². The van der Waals surface area contributed by atoms with Gasteiger partial charge in [-0.3, -0.25) is 4.79 Å². The molecule has 7 heteroatoms. The molecule has 0 heterocycles. The van der Waals surface area contributed by atoms with Gasteiger partial charge in [-0.1, -0.05) is 0 Å². The Hall–Kier alpha value is -3.61. The lowest BCUT2D eigenvalue weighted by Crippen LogP contribution is -2.12. The summed E-state index contributed by atoms with van der Waals surface area (Å²) in [6, 6.07) is 6.63. The molecule has 0 atom stereocenters. The first-order valence-corrected chi connectivity index (χ1v) is 9.77. The molecule has 2 N–H and O–H groups in total. The van der Waals surface area contributed by atoms with Crippen LogP contribution in [0.5, 0.6) is 34.5 Å². The van der Waals surface area contributed by atoms with Gasteiger partial charge in [0.05, 0.1) is 28.4 Å². The Kier molecular flexibility index (Phi) is 6.74. The zero-order valence-electron chi connectivity index (χ0n) is 18.0. The van der Waals surface area contributed by atoms with Crippen LogP contribution in [0.1, 0.15) is 30.4 Å². The molecule has 2 aromatic carbocycles. The van der Waals surface area contributed by atoms with E-state index in [-0.39, 0.29) is 40.3 Å². The molecule has 0 radical (unpaired) electrons. The molecule has 1 saturated carbocycles. The number of Topliss-reactive ketones (excluding diaryl/α,β-unsaturated/α-hetero) is 1. The summed E-state index contributed by atoms with van der Waals surface area (Å²) in [7, 11) is 5.83. The minimum Gasteiger partial charge on any atom is -0.502 e. The van der Waals surface area contributed by atoms with E-state index in [1.165, 1.54) is 28.4 Å². The smallest absolute Gasteiger partial charge is 0.200 e. The number of allylic oxidation sites excluding steroid dienone is 2. The molecule has 0 spiro atoms. The van der Waals surface area contributed by atoms with Crippen LogP contribution in [0.4, 0.5) is 0 Å². The van der Waals surface area contributed by atoms with Gasteiger partial charge in [0.25, 0.3) is 0 Å². The zero-order valence-corrected chi connectivity index (χ0v) is 18.0. The predicted octanol–water partition coefficient (Wildman–Crippen LogP) is 4.35. The highest BCUT2D eigenvalue weighted by molar-refractivity contribution is 6.14. The summed E-state index contributed by atoms with van der Waals surface area (Å²) in [4.78, 5) is 13.1. The fourth-order valence-electron chi connectivity index (χ4n) is 3.57. The summed E-state index contributed by atoms with van der Waals surface area (Å²) in [5, 5.41) is 20.2. The summed E-state index contributed by atoms with van der Waals surface area (Å²) in [5.41, 5.74) is 2.71. The molecule has 1 aliphatic rings. The molecule has 0 amide bonds. The van der Waals surface area contributed by atoms with Gasteiger partial charge in [-0.15, -0.1) is 0 Å². The maximum absolute atomic E-state index is 13.1. The van der Waals surface area contributed by atoms with Gasteiger partial charge in [0.1, 0.15) is 0 Å². The number of phenolic OH excluding ortho intramolecular Hbond substituents is 2. The molecule has 7 nitrogen and oxygen atoms in total. The van der Waals surface area contributed by atoms with Gasteiger partial charge in [0.15, 0.2) is 28.8 Å². The highest BCUT2D eigenvalue weighted by atomic mass is 16.5. The van der Waals surface area contributed by atoms with Crippen LogP contribution >= 0.6 is 0 Å². The Morgan fingerprint density at radius 3 is 1.29 bits per heavy atom. The van der Waals surface area contributed by atoms with Crippen LogP contribution in [-0.2, 0) is 4.79 Å². The Bertz CT molecular complexity index is 918. The third-order valence-electron chi connectivity index (χ3n) is 5.16. The normalized spacial score (nSPS) is 16.5. The summed E-state index contributed by atoms with van der Waals surface area (Å²) < 4.78 is 20.8. The highest BCUT2D eigenvalue weighted by Crippen LogP contribution is 2.40. The molecule has 1 fully saturated rings. The lowest BCUT2D eigenvalue weighted by Gasteiger charge is -2.17. The fourth-order valence-corrected chi connectivity index (χ4v) is 3.57. The average molecular weight is 426 g/mol. The number of hydrogen-bond acceptors (Lipinski definition) is 7. The second kappa shape index (κ2) is 9.47. The van der Waals surface area contributed by atoms with Crippen LogP contribution in [0, 0.1) is 0 Å². The summed E-state index contributed by atoms with van der Waals surface area (Å²) in [6.45, 7) is 0. The molecule has 164 valence electrons. The first-order valence-electron chi connectivity index (χ1n) is 9.77. The molecular formula is C24H26O7. The fraction of sp³-hybridized carbons (Fsp3) is 0.292. The van der Waals surface area contributed by atoms with E-state index < -0.39 is 0 Å². The Balaban J connectivity index is 1.97. The Morgan fingerprint density at radius 1 is 0.677 bits per heavy atom. The number of hydrogen-bond donors (Lipinski definition) is 2. The number of rotatable bonds is 6. The first-order chi connectivity index (χ1) is 14.9. The monoisotopic (exact) mass is 426 g/mol. The van der Waals surface area contributed by atoms with Crippen LogP contribution in [0.15, 0.2) is 35.4 Å². The van der Waals surface area contributed by atoms with Crippen molar-refractivity contribution < 1.29 is 34.0 Å². The van der Waals surface area contributed by atoms with E-state index in [0.29, 0.717) is 35.1 Å². The van der Waals surface area contributed by atoms with Crippen molar-refractivity contribution in [3.8, 4) is 34.5 Å². The van der Waals surface area contributed by atoms with Crippen molar-refractivity contribution in [2.45, 2.75) is 19.3 Å². The van der Waals surface area contributed by atoms with Crippen molar-refractivity contribution in [3.05, 3.63) is 46.5 Å². The molecule has 0 unspecified atom stereocenters. The van der Waals surface area contributed by atoms with Gasteiger partial charge >= 0.3 is 0 Å². The minimum atomic E-state index is -0.0852. The number of benzene rings is 2. The van der Waals surface area contributed by atoms with Crippen molar-refractivity contribution in [2.75, 3.05) is 28.4 Å². The second-order valence-electron chi connectivity index (χ2n) is 7.07.